The molecule has 0 bridgehead atoms. The van der Waals surface area contributed by atoms with Gasteiger partial charge < -0.3 is 9.88 Å². The van der Waals surface area contributed by atoms with E-state index in [1.54, 1.807) is 18.5 Å². The molecule has 0 aliphatic carbocycles. The molecule has 0 aliphatic rings. The summed E-state index contributed by atoms with van der Waals surface area (Å²) in [6.45, 7) is 0. The van der Waals surface area contributed by atoms with E-state index in [0.717, 1.165) is 38.1 Å². The zero-order valence-corrected chi connectivity index (χ0v) is 16.1. The lowest BCUT2D eigenvalue weighted by Crippen LogP contribution is -2.29. The molecule has 0 saturated heterocycles. The second-order valence-corrected chi connectivity index (χ2v) is 7.04. The van der Waals surface area contributed by atoms with E-state index in [9.17, 15) is 10.5 Å². The topological polar surface area (TPSA) is 90.6 Å². The third kappa shape index (κ3) is 2.97. The second kappa shape index (κ2) is 6.87. The molecule has 3 aromatic heterocycles. The maximum atomic E-state index is 9.76. The minimum absolute atomic E-state index is 0.423. The number of benzene rings is 2. The van der Waals surface area contributed by atoms with Gasteiger partial charge in [0.2, 0.25) is 12.4 Å². The lowest BCUT2D eigenvalue weighted by atomic mass is 10.0. The minimum Gasteiger partial charge on any atom is -0.351 e. The van der Waals surface area contributed by atoms with Crippen molar-refractivity contribution in [1.29, 1.82) is 5.26 Å². The zero-order valence-electron chi connectivity index (χ0n) is 16.1. The molecule has 0 amide bonds. The molecule has 0 fully saturated rings. The molecule has 144 valence electrons. The Hall–Kier alpha value is -4.44. The van der Waals surface area contributed by atoms with Gasteiger partial charge in [-0.15, -0.1) is 0 Å². The van der Waals surface area contributed by atoms with Crippen LogP contribution in [0, 0.1) is 11.3 Å². The van der Waals surface area contributed by atoms with Gasteiger partial charge in [0.1, 0.15) is 11.8 Å². The van der Waals surface area contributed by atoms with Crippen molar-refractivity contribution in [3.8, 4) is 17.2 Å². The van der Waals surface area contributed by atoms with Crippen LogP contribution in [0.4, 0.5) is 11.4 Å². The number of hydrogen-bond donors (Lipinski definition) is 2. The molecule has 3 heterocycles. The van der Waals surface area contributed by atoms with Crippen LogP contribution in [-0.4, -0.2) is 19.7 Å². The monoisotopic (exact) mass is 393 g/mol. The predicted molar refractivity (Wildman–Crippen MR) is 113 cm³/mol. The largest absolute Gasteiger partial charge is 0.351 e. The van der Waals surface area contributed by atoms with Crippen molar-refractivity contribution < 1.29 is 9.94 Å². The number of aromatic nitrogens is 4. The third-order valence-electron chi connectivity index (χ3n) is 5.12. The van der Waals surface area contributed by atoms with E-state index in [0.29, 0.717) is 11.3 Å². The van der Waals surface area contributed by atoms with Crippen molar-refractivity contribution in [2.24, 2.45) is 7.05 Å². The lowest BCUT2D eigenvalue weighted by molar-refractivity contribution is -0.904. The van der Waals surface area contributed by atoms with Crippen molar-refractivity contribution in [3.63, 3.8) is 0 Å². The van der Waals surface area contributed by atoms with Gasteiger partial charge in [-0.05, 0) is 35.2 Å². The Morgan fingerprint density at radius 3 is 2.83 bits per heavy atom. The maximum absolute atomic E-state index is 9.76. The molecule has 5 rings (SSSR count). The quantitative estimate of drug-likeness (QED) is 0.358. The van der Waals surface area contributed by atoms with Gasteiger partial charge in [-0.3, -0.25) is 15.2 Å². The van der Waals surface area contributed by atoms with Crippen molar-refractivity contribution in [3.05, 3.63) is 79.0 Å². The van der Waals surface area contributed by atoms with E-state index < -0.39 is 0 Å². The number of fused-ring (bicyclic) bond motifs is 2. The van der Waals surface area contributed by atoms with Gasteiger partial charge in [-0.25, -0.2) is 0 Å². The van der Waals surface area contributed by atoms with Crippen LogP contribution in [-0.2, 0) is 7.05 Å². The number of anilines is 2. The number of aryl methyl sites for hydroxylation is 1. The van der Waals surface area contributed by atoms with Gasteiger partial charge in [0.15, 0.2) is 0 Å². The first-order chi connectivity index (χ1) is 14.6. The van der Waals surface area contributed by atoms with Gasteiger partial charge in [-0.2, -0.15) is 5.26 Å². The van der Waals surface area contributed by atoms with E-state index in [1.807, 2.05) is 25.4 Å². The molecule has 5 aromatic rings. The van der Waals surface area contributed by atoms with Gasteiger partial charge in [-0.1, -0.05) is 12.1 Å². The molecule has 0 unspecified atom stereocenters. The highest BCUT2D eigenvalue weighted by atomic mass is 16.5. The van der Waals surface area contributed by atoms with E-state index in [2.05, 4.69) is 50.2 Å². The average molecular weight is 393 g/mol. The molecule has 0 atom stereocenters. The molecular formula is C23H17N6O+. The SMILES string of the molecule is Cn1ccc2ccc(-c3cc(Nc4c[n+](O)ccc4C#N)cc4nccnc34)cc21. The molecule has 7 nitrogen and oxygen atoms in total. The Morgan fingerprint density at radius 2 is 1.97 bits per heavy atom. The fraction of sp³-hybridized carbons (Fsp3) is 0.0435. The summed E-state index contributed by atoms with van der Waals surface area (Å²) in [5, 5.41) is 23.6. The Kier molecular flexibility index (Phi) is 4.04. The van der Waals surface area contributed by atoms with Crippen LogP contribution in [0.1, 0.15) is 5.56 Å². The first-order valence-corrected chi connectivity index (χ1v) is 9.34. The van der Waals surface area contributed by atoms with E-state index in [-0.39, 0.29) is 0 Å². The minimum atomic E-state index is 0.423. The van der Waals surface area contributed by atoms with E-state index in [4.69, 9.17) is 0 Å². The van der Waals surface area contributed by atoms with Crippen LogP contribution < -0.4 is 10.0 Å². The first-order valence-electron chi connectivity index (χ1n) is 9.34. The molecule has 30 heavy (non-hydrogen) atoms. The fourth-order valence-electron chi connectivity index (χ4n) is 3.64. The second-order valence-electron chi connectivity index (χ2n) is 7.04. The summed E-state index contributed by atoms with van der Waals surface area (Å²) in [6, 6.07) is 15.9. The Labute approximate surface area is 172 Å². The Bertz CT molecular complexity index is 1460. The molecule has 0 aliphatic heterocycles. The van der Waals surface area contributed by atoms with Crippen molar-refractivity contribution >= 4 is 33.3 Å². The molecule has 2 aromatic carbocycles. The number of rotatable bonds is 3. The summed E-state index contributed by atoms with van der Waals surface area (Å²) in [5.41, 5.74) is 6.26. The van der Waals surface area contributed by atoms with E-state index >= 15 is 0 Å². The molecule has 0 spiro atoms. The van der Waals surface area contributed by atoms with Crippen LogP contribution in [0.2, 0.25) is 0 Å². The van der Waals surface area contributed by atoms with Crippen molar-refractivity contribution in [2.45, 2.75) is 0 Å². The number of nitrogens with zero attached hydrogens (tertiary/aromatic N) is 5. The molecule has 2 N–H and O–H groups in total. The average Bonchev–Trinajstić information content (AvgIpc) is 3.13. The summed E-state index contributed by atoms with van der Waals surface area (Å²) < 4.78 is 2.99. The van der Waals surface area contributed by atoms with Crippen molar-refractivity contribution in [1.82, 2.24) is 14.5 Å². The molecule has 7 heteroatoms. The van der Waals surface area contributed by atoms with Crippen LogP contribution in [0.25, 0.3) is 33.1 Å². The van der Waals surface area contributed by atoms with Gasteiger partial charge in [0, 0.05) is 53.2 Å². The van der Waals surface area contributed by atoms with Crippen LogP contribution in [0.15, 0.2) is 73.4 Å². The van der Waals surface area contributed by atoms with E-state index in [1.165, 1.54) is 17.8 Å². The Morgan fingerprint density at radius 1 is 1.10 bits per heavy atom. The summed E-state index contributed by atoms with van der Waals surface area (Å²) in [7, 11) is 2.02. The van der Waals surface area contributed by atoms with Gasteiger partial charge in [0.05, 0.1) is 16.6 Å². The standard InChI is InChI=1S/C23H17N6O/c1-28-8-4-15-2-3-16(10-22(15)28)19-11-18(12-20-23(19)26-7-6-25-20)27-21-14-29(30)9-5-17(21)13-24/h2-12,14,27,30H,1H3/q+1. The highest BCUT2D eigenvalue weighted by Crippen LogP contribution is 2.33. The highest BCUT2D eigenvalue weighted by molar-refractivity contribution is 5.97. The number of hydrogen-bond acceptors (Lipinski definition) is 5. The lowest BCUT2D eigenvalue weighted by Gasteiger charge is -2.12. The summed E-state index contributed by atoms with van der Waals surface area (Å²) in [6.07, 6.45) is 8.24. The number of nitrogens with one attached hydrogen (secondary N) is 1. The summed E-state index contributed by atoms with van der Waals surface area (Å²) in [4.78, 5) is 9.02. The highest BCUT2D eigenvalue weighted by Gasteiger charge is 2.13. The van der Waals surface area contributed by atoms with Crippen molar-refractivity contribution in [2.75, 3.05) is 5.32 Å². The molecule has 0 saturated carbocycles. The number of nitriles is 1. The normalized spacial score (nSPS) is 10.9. The maximum Gasteiger partial charge on any atom is 0.246 e. The smallest absolute Gasteiger partial charge is 0.246 e. The van der Waals surface area contributed by atoms with Crippen LogP contribution in [0.3, 0.4) is 0 Å². The molecular weight excluding hydrogens is 376 g/mol. The third-order valence-corrected chi connectivity index (χ3v) is 5.12. The fourth-order valence-corrected chi connectivity index (χ4v) is 3.64. The van der Waals surface area contributed by atoms with Crippen LogP contribution >= 0.6 is 0 Å². The zero-order chi connectivity index (χ0) is 20.7. The number of pyridine rings is 1. The first kappa shape index (κ1) is 17.6. The molecule has 0 radical (unpaired) electrons. The predicted octanol–water partition coefficient (Wildman–Crippen LogP) is 3.93. The van der Waals surface area contributed by atoms with Gasteiger partial charge >= 0.3 is 0 Å². The summed E-state index contributed by atoms with van der Waals surface area (Å²) >= 11 is 0. The Balaban J connectivity index is 1.69. The van der Waals surface area contributed by atoms with Crippen LogP contribution in [0.5, 0.6) is 0 Å². The van der Waals surface area contributed by atoms with Gasteiger partial charge in [0.25, 0.3) is 0 Å². The summed E-state index contributed by atoms with van der Waals surface area (Å²) in [5.74, 6) is 0.